The molecule has 8 rings (SSSR count). The molecule has 0 fully saturated rings. The van der Waals surface area contributed by atoms with Gasteiger partial charge in [-0.3, -0.25) is 0 Å². The predicted octanol–water partition coefficient (Wildman–Crippen LogP) is 5.37. The monoisotopic (exact) mass is 390 g/mol. The Balaban J connectivity index is 1.74. The van der Waals surface area contributed by atoms with E-state index in [4.69, 9.17) is 0 Å². The van der Waals surface area contributed by atoms with Crippen molar-refractivity contribution in [2.45, 2.75) is 6.42 Å². The molecule has 0 saturated heterocycles. The van der Waals surface area contributed by atoms with Gasteiger partial charge >= 0.3 is 0 Å². The van der Waals surface area contributed by atoms with E-state index in [0.29, 0.717) is 0 Å². The zero-order valence-electron chi connectivity index (χ0n) is 16.9. The largest absolute Gasteiger partial charge is 0.0616 e. The number of fused-ring (bicyclic) bond motifs is 6. The zero-order valence-corrected chi connectivity index (χ0v) is 16.9. The van der Waals surface area contributed by atoms with Gasteiger partial charge in [-0.2, -0.15) is 0 Å². The molecular formula is C31H18. The van der Waals surface area contributed by atoms with Gasteiger partial charge in [0, 0.05) is 0 Å². The second kappa shape index (κ2) is 5.42. The SMILES string of the molecule is C1=c2ccc3ccccc3c2=C2Cc3cccc4c3c(c3cccc5cccc4c53)=C12. The summed E-state index contributed by atoms with van der Waals surface area (Å²) >= 11 is 0. The molecular weight excluding hydrogens is 372 g/mol. The van der Waals surface area contributed by atoms with Gasteiger partial charge in [-0.15, -0.1) is 0 Å². The Morgan fingerprint density at radius 3 is 2.10 bits per heavy atom. The summed E-state index contributed by atoms with van der Waals surface area (Å²) in [5, 5.41) is 15.2. The van der Waals surface area contributed by atoms with Crippen molar-refractivity contribution in [2.24, 2.45) is 0 Å². The third-order valence-corrected chi connectivity index (χ3v) is 7.39. The summed E-state index contributed by atoms with van der Waals surface area (Å²) in [6, 6.07) is 33.8. The molecule has 0 unspecified atom stereocenters. The Hall–Kier alpha value is -3.90. The van der Waals surface area contributed by atoms with E-state index in [9.17, 15) is 0 Å². The van der Waals surface area contributed by atoms with Crippen molar-refractivity contribution in [3.05, 3.63) is 112 Å². The van der Waals surface area contributed by atoms with Gasteiger partial charge in [-0.1, -0.05) is 91.0 Å². The molecule has 0 spiro atoms. The molecule has 6 aromatic rings. The smallest absolute Gasteiger partial charge is 0.000682 e. The quantitative estimate of drug-likeness (QED) is 0.242. The van der Waals surface area contributed by atoms with Gasteiger partial charge in [0.25, 0.3) is 0 Å². The van der Waals surface area contributed by atoms with Crippen LogP contribution in [0.25, 0.3) is 60.3 Å². The van der Waals surface area contributed by atoms with Crippen LogP contribution in [0.1, 0.15) is 5.56 Å². The van der Waals surface area contributed by atoms with Crippen molar-refractivity contribution >= 4 is 60.3 Å². The van der Waals surface area contributed by atoms with Crippen LogP contribution in [0.4, 0.5) is 0 Å². The maximum atomic E-state index is 2.44. The molecule has 2 aliphatic rings. The maximum Gasteiger partial charge on any atom is -0.000682 e. The van der Waals surface area contributed by atoms with Crippen molar-refractivity contribution in [1.29, 1.82) is 0 Å². The van der Waals surface area contributed by atoms with Gasteiger partial charge < -0.3 is 0 Å². The van der Waals surface area contributed by atoms with E-state index in [0.717, 1.165) is 6.42 Å². The molecule has 0 atom stereocenters. The zero-order chi connectivity index (χ0) is 20.1. The lowest BCUT2D eigenvalue weighted by atomic mass is 9.82. The Bertz CT molecular complexity index is 1950. The predicted molar refractivity (Wildman–Crippen MR) is 132 cm³/mol. The lowest BCUT2D eigenvalue weighted by Crippen LogP contribution is -2.25. The minimum Gasteiger partial charge on any atom is -0.0616 e. The van der Waals surface area contributed by atoms with Crippen molar-refractivity contribution < 1.29 is 0 Å². The van der Waals surface area contributed by atoms with Crippen LogP contribution in [0.5, 0.6) is 0 Å². The van der Waals surface area contributed by atoms with E-state index < -0.39 is 0 Å². The fourth-order valence-corrected chi connectivity index (χ4v) is 6.18. The summed E-state index contributed by atoms with van der Waals surface area (Å²) in [4.78, 5) is 0. The lowest BCUT2D eigenvalue weighted by molar-refractivity contribution is 1.31. The summed E-state index contributed by atoms with van der Waals surface area (Å²) in [5.41, 5.74) is 4.36. The average Bonchev–Trinajstić information content (AvgIpc) is 3.20. The van der Waals surface area contributed by atoms with Crippen molar-refractivity contribution in [2.75, 3.05) is 0 Å². The molecule has 0 radical (unpaired) electrons. The number of benzene rings is 6. The highest BCUT2D eigenvalue weighted by Gasteiger charge is 2.23. The fourth-order valence-electron chi connectivity index (χ4n) is 6.18. The molecule has 0 saturated carbocycles. The van der Waals surface area contributed by atoms with E-state index in [1.165, 1.54) is 75.5 Å². The van der Waals surface area contributed by atoms with Crippen LogP contribution in [0.2, 0.25) is 0 Å². The Morgan fingerprint density at radius 2 is 1.19 bits per heavy atom. The van der Waals surface area contributed by atoms with Gasteiger partial charge in [-0.05, 0) is 88.0 Å². The van der Waals surface area contributed by atoms with Crippen LogP contribution in [0, 0.1) is 0 Å². The van der Waals surface area contributed by atoms with E-state index in [1.807, 2.05) is 0 Å². The first-order chi connectivity index (χ1) is 15.4. The second-order valence-corrected chi connectivity index (χ2v) is 8.89. The van der Waals surface area contributed by atoms with Crippen LogP contribution >= 0.6 is 0 Å². The number of hydrogen-bond acceptors (Lipinski definition) is 0. The number of hydrogen-bond donors (Lipinski definition) is 0. The van der Waals surface area contributed by atoms with Crippen LogP contribution in [0.3, 0.4) is 0 Å². The van der Waals surface area contributed by atoms with Crippen molar-refractivity contribution in [1.82, 2.24) is 0 Å². The van der Waals surface area contributed by atoms with Gasteiger partial charge in [0.2, 0.25) is 0 Å². The standard InChI is InChI=1S/C31H18/c1-2-10-22-18(6-1)14-15-21-17-27-26(29(21)22)16-20-9-5-12-24-23-11-3-7-19-8-4-13-25(28(19)23)31(27)30(20)24/h1-15,17H,16H2. The minimum absolute atomic E-state index is 0.998. The van der Waals surface area contributed by atoms with E-state index in [2.05, 4.69) is 97.1 Å². The molecule has 0 amide bonds. The first kappa shape index (κ1) is 15.9. The molecule has 31 heavy (non-hydrogen) atoms. The topological polar surface area (TPSA) is 0 Å². The van der Waals surface area contributed by atoms with Crippen molar-refractivity contribution in [3.8, 4) is 0 Å². The highest BCUT2D eigenvalue weighted by molar-refractivity contribution is 6.26. The molecule has 0 N–H and O–H groups in total. The highest BCUT2D eigenvalue weighted by atomic mass is 14.3. The molecule has 0 aromatic heterocycles. The molecule has 0 heterocycles. The third-order valence-electron chi connectivity index (χ3n) is 7.39. The van der Waals surface area contributed by atoms with Gasteiger partial charge in [0.15, 0.2) is 0 Å². The van der Waals surface area contributed by atoms with Crippen molar-refractivity contribution in [3.63, 3.8) is 0 Å². The summed E-state index contributed by atoms with van der Waals surface area (Å²) in [6.45, 7) is 0. The first-order valence-corrected chi connectivity index (χ1v) is 11.0. The van der Waals surface area contributed by atoms with Crippen LogP contribution in [-0.4, -0.2) is 0 Å². The summed E-state index contributed by atoms with van der Waals surface area (Å²) in [5.74, 6) is 0. The highest BCUT2D eigenvalue weighted by Crippen LogP contribution is 2.37. The van der Waals surface area contributed by atoms with Gasteiger partial charge in [0.05, 0.1) is 0 Å². The second-order valence-electron chi connectivity index (χ2n) is 8.89. The Kier molecular flexibility index (Phi) is 2.77. The Labute approximate surface area is 179 Å². The van der Waals surface area contributed by atoms with E-state index >= 15 is 0 Å². The normalized spacial score (nSPS) is 14.5. The molecule has 0 bridgehead atoms. The van der Waals surface area contributed by atoms with Gasteiger partial charge in [0.1, 0.15) is 0 Å². The first-order valence-electron chi connectivity index (χ1n) is 11.0. The lowest BCUT2D eigenvalue weighted by Gasteiger charge is -2.21. The van der Waals surface area contributed by atoms with E-state index in [1.54, 1.807) is 0 Å². The van der Waals surface area contributed by atoms with Crippen LogP contribution in [-0.2, 0) is 6.42 Å². The fraction of sp³-hybridized carbons (Fsp3) is 0.0323. The molecule has 0 nitrogen and oxygen atoms in total. The molecule has 0 aliphatic heterocycles. The molecule has 0 heteroatoms. The molecule has 142 valence electrons. The molecule has 2 aliphatic carbocycles. The number of rotatable bonds is 0. The maximum absolute atomic E-state index is 2.44. The molecule has 6 aromatic carbocycles. The van der Waals surface area contributed by atoms with E-state index in [-0.39, 0.29) is 0 Å². The average molecular weight is 390 g/mol. The Morgan fingerprint density at radius 1 is 0.484 bits per heavy atom. The summed E-state index contributed by atoms with van der Waals surface area (Å²) < 4.78 is 0. The van der Waals surface area contributed by atoms with Crippen LogP contribution in [0.15, 0.2) is 91.0 Å². The summed E-state index contributed by atoms with van der Waals surface area (Å²) in [7, 11) is 0. The van der Waals surface area contributed by atoms with Gasteiger partial charge in [-0.25, -0.2) is 0 Å². The minimum atomic E-state index is 0.998. The summed E-state index contributed by atoms with van der Waals surface area (Å²) in [6.07, 6.45) is 3.44. The third kappa shape index (κ3) is 1.87. The van der Waals surface area contributed by atoms with Crippen LogP contribution < -0.4 is 15.7 Å².